The van der Waals surface area contributed by atoms with Crippen LogP contribution in [0.15, 0.2) is 84.5 Å². The summed E-state index contributed by atoms with van der Waals surface area (Å²) in [5.74, 6) is -0.335. The molecule has 6 nitrogen and oxygen atoms in total. The first kappa shape index (κ1) is 25.1. The second-order valence-electron chi connectivity index (χ2n) is 9.80. The zero-order valence-corrected chi connectivity index (χ0v) is 22.3. The van der Waals surface area contributed by atoms with Crippen LogP contribution in [0.4, 0.5) is 5.69 Å². The molecule has 0 saturated carbocycles. The van der Waals surface area contributed by atoms with Gasteiger partial charge >= 0.3 is 5.97 Å². The van der Waals surface area contributed by atoms with Crippen molar-refractivity contribution >= 4 is 33.1 Å². The molecule has 0 bridgehead atoms. The van der Waals surface area contributed by atoms with Crippen LogP contribution in [0.1, 0.15) is 41.3 Å². The van der Waals surface area contributed by atoms with Crippen molar-refractivity contribution in [2.45, 2.75) is 31.6 Å². The van der Waals surface area contributed by atoms with Crippen molar-refractivity contribution in [3.05, 3.63) is 107 Å². The van der Waals surface area contributed by atoms with Gasteiger partial charge in [-0.05, 0) is 76.7 Å². The summed E-state index contributed by atoms with van der Waals surface area (Å²) in [6.07, 6.45) is 6.48. The summed E-state index contributed by atoms with van der Waals surface area (Å²) in [5.41, 5.74) is 7.26. The number of nitrogens with zero attached hydrogens (tertiary/aromatic N) is 2. The Morgan fingerprint density at radius 1 is 1.05 bits per heavy atom. The number of pyridine rings is 2. The van der Waals surface area contributed by atoms with Crippen LogP contribution in [-0.4, -0.2) is 34.2 Å². The minimum absolute atomic E-state index is 0.00664. The molecule has 1 atom stereocenters. The normalized spacial score (nSPS) is 13.4. The number of aliphatic carboxylic acids is 1. The molecule has 5 aromatic rings. The Bertz CT molecular complexity index is 1620. The van der Waals surface area contributed by atoms with E-state index < -0.39 is 5.97 Å². The molecule has 196 valence electrons. The number of carboxylic acids is 1. The number of carbonyl (C=O) groups is 1. The standard InChI is InChI=1S/C32H29N3O3S/c36-32(37)17-27(23-15-22(18-33-19-23)21-5-2-1-3-6-21)28-20-39-31-16-25(9-10-26(28)31)38-14-12-24-8-11-29-30(35-24)7-4-13-34-29/h1-3,5-6,8-11,15-16,18-20,27,34H,4,7,12-14,17H2,(H,36,37). The minimum atomic E-state index is -0.837. The molecule has 0 fully saturated rings. The zero-order valence-electron chi connectivity index (χ0n) is 21.5. The summed E-state index contributed by atoms with van der Waals surface area (Å²) in [6, 6.07) is 22.3. The highest BCUT2D eigenvalue weighted by Gasteiger charge is 2.22. The fourth-order valence-electron chi connectivity index (χ4n) is 5.20. The van der Waals surface area contributed by atoms with Gasteiger partial charge in [0.2, 0.25) is 0 Å². The summed E-state index contributed by atoms with van der Waals surface area (Å²) in [7, 11) is 0. The molecule has 1 aliphatic rings. The average Bonchev–Trinajstić information content (AvgIpc) is 3.39. The van der Waals surface area contributed by atoms with E-state index in [9.17, 15) is 9.90 Å². The molecule has 0 spiro atoms. The molecule has 0 saturated heterocycles. The number of hydrogen-bond acceptors (Lipinski definition) is 6. The van der Waals surface area contributed by atoms with Crippen molar-refractivity contribution in [3.63, 3.8) is 0 Å². The largest absolute Gasteiger partial charge is 0.493 e. The fraction of sp³-hybridized carbons (Fsp3) is 0.219. The van der Waals surface area contributed by atoms with Gasteiger partial charge in [-0.3, -0.25) is 14.8 Å². The van der Waals surface area contributed by atoms with Crippen LogP contribution in [0.2, 0.25) is 0 Å². The number of aryl methyl sites for hydroxylation is 1. The highest BCUT2D eigenvalue weighted by Crippen LogP contribution is 2.39. The Morgan fingerprint density at radius 2 is 1.95 bits per heavy atom. The number of carboxylic acid groups (broad SMARTS) is 1. The number of rotatable bonds is 9. The van der Waals surface area contributed by atoms with Gasteiger partial charge < -0.3 is 15.2 Å². The van der Waals surface area contributed by atoms with E-state index in [1.165, 1.54) is 0 Å². The zero-order chi connectivity index (χ0) is 26.6. The van der Waals surface area contributed by atoms with Crippen molar-refractivity contribution in [3.8, 4) is 16.9 Å². The molecule has 0 radical (unpaired) electrons. The van der Waals surface area contributed by atoms with Gasteiger partial charge in [-0.2, -0.15) is 0 Å². The maximum Gasteiger partial charge on any atom is 0.304 e. The van der Waals surface area contributed by atoms with Crippen LogP contribution in [0.5, 0.6) is 5.75 Å². The molecule has 3 aromatic heterocycles. The van der Waals surface area contributed by atoms with E-state index >= 15 is 0 Å². The smallest absolute Gasteiger partial charge is 0.304 e. The minimum Gasteiger partial charge on any atom is -0.493 e. The van der Waals surface area contributed by atoms with E-state index in [0.717, 1.165) is 81.0 Å². The summed E-state index contributed by atoms with van der Waals surface area (Å²) in [4.78, 5) is 21.2. The molecule has 0 amide bonds. The van der Waals surface area contributed by atoms with E-state index in [4.69, 9.17) is 9.72 Å². The number of aromatic nitrogens is 2. The third-order valence-corrected chi connectivity index (χ3v) is 8.13. The number of nitrogens with one attached hydrogen (secondary N) is 1. The Labute approximate surface area is 231 Å². The molecule has 1 aliphatic heterocycles. The van der Waals surface area contributed by atoms with Crippen LogP contribution in [0.3, 0.4) is 0 Å². The average molecular weight is 536 g/mol. The maximum absolute atomic E-state index is 11.9. The Hall–Kier alpha value is -4.23. The van der Waals surface area contributed by atoms with Gasteiger partial charge in [0.15, 0.2) is 0 Å². The Morgan fingerprint density at radius 3 is 2.82 bits per heavy atom. The van der Waals surface area contributed by atoms with Crippen LogP contribution >= 0.6 is 11.3 Å². The summed E-state index contributed by atoms with van der Waals surface area (Å²) >= 11 is 1.61. The fourth-order valence-corrected chi connectivity index (χ4v) is 6.24. The van der Waals surface area contributed by atoms with Gasteiger partial charge in [0.05, 0.1) is 24.4 Å². The lowest BCUT2D eigenvalue weighted by Crippen LogP contribution is -2.14. The highest BCUT2D eigenvalue weighted by atomic mass is 32.1. The predicted octanol–water partition coefficient (Wildman–Crippen LogP) is 6.94. The predicted molar refractivity (Wildman–Crippen MR) is 156 cm³/mol. The number of anilines is 1. The SMILES string of the molecule is O=C(O)CC(c1cncc(-c2ccccc2)c1)c1csc2cc(OCCc3ccc4c(n3)CCCN4)ccc12. The van der Waals surface area contributed by atoms with E-state index in [0.29, 0.717) is 6.61 Å². The summed E-state index contributed by atoms with van der Waals surface area (Å²) < 4.78 is 7.16. The van der Waals surface area contributed by atoms with Crippen LogP contribution in [0.25, 0.3) is 21.2 Å². The number of fused-ring (bicyclic) bond motifs is 2. The molecule has 39 heavy (non-hydrogen) atoms. The molecule has 6 rings (SSSR count). The molecule has 4 heterocycles. The lowest BCUT2D eigenvalue weighted by molar-refractivity contribution is -0.137. The number of benzene rings is 2. The van der Waals surface area contributed by atoms with Gasteiger partial charge in [-0.25, -0.2) is 0 Å². The van der Waals surface area contributed by atoms with E-state index in [-0.39, 0.29) is 12.3 Å². The van der Waals surface area contributed by atoms with Crippen molar-refractivity contribution in [2.75, 3.05) is 18.5 Å². The first-order valence-electron chi connectivity index (χ1n) is 13.2. The van der Waals surface area contributed by atoms with Crippen LogP contribution in [-0.2, 0) is 17.6 Å². The van der Waals surface area contributed by atoms with Crippen molar-refractivity contribution in [1.29, 1.82) is 0 Å². The second-order valence-corrected chi connectivity index (χ2v) is 10.7. The van der Waals surface area contributed by atoms with Crippen LogP contribution in [0, 0.1) is 0 Å². The number of hydrogen-bond donors (Lipinski definition) is 2. The molecule has 7 heteroatoms. The lowest BCUT2D eigenvalue weighted by Gasteiger charge is -2.17. The molecule has 0 aliphatic carbocycles. The Kier molecular flexibility index (Phi) is 7.23. The summed E-state index contributed by atoms with van der Waals surface area (Å²) in [5, 5.41) is 16.3. The quantitative estimate of drug-likeness (QED) is 0.213. The van der Waals surface area contributed by atoms with Gasteiger partial charge in [-0.15, -0.1) is 11.3 Å². The molecule has 2 N–H and O–H groups in total. The third-order valence-electron chi connectivity index (χ3n) is 7.16. The molecule has 2 aromatic carbocycles. The van der Waals surface area contributed by atoms with Crippen molar-refractivity contribution in [1.82, 2.24) is 9.97 Å². The summed E-state index contributed by atoms with van der Waals surface area (Å²) in [6.45, 7) is 1.56. The van der Waals surface area contributed by atoms with Crippen molar-refractivity contribution < 1.29 is 14.6 Å². The highest BCUT2D eigenvalue weighted by molar-refractivity contribution is 7.17. The number of ether oxygens (including phenoxy) is 1. The lowest BCUT2D eigenvalue weighted by atomic mass is 9.88. The van der Waals surface area contributed by atoms with Crippen molar-refractivity contribution in [2.24, 2.45) is 0 Å². The van der Waals surface area contributed by atoms with Crippen LogP contribution < -0.4 is 10.1 Å². The Balaban J connectivity index is 1.21. The second kappa shape index (κ2) is 11.3. The number of thiophene rings is 1. The topological polar surface area (TPSA) is 84.3 Å². The van der Waals surface area contributed by atoms with E-state index in [1.807, 2.05) is 54.7 Å². The molecule has 1 unspecified atom stereocenters. The van der Waals surface area contributed by atoms with Gasteiger partial charge in [0, 0.05) is 47.2 Å². The first-order valence-corrected chi connectivity index (χ1v) is 14.1. The van der Waals surface area contributed by atoms with Gasteiger partial charge in [0.1, 0.15) is 5.75 Å². The first-order chi connectivity index (χ1) is 19.1. The van der Waals surface area contributed by atoms with E-state index in [1.54, 1.807) is 17.5 Å². The third kappa shape index (κ3) is 5.64. The van der Waals surface area contributed by atoms with Gasteiger partial charge in [-0.1, -0.05) is 30.3 Å². The maximum atomic E-state index is 11.9. The van der Waals surface area contributed by atoms with E-state index in [2.05, 4.69) is 33.9 Å². The molecular formula is C32H29N3O3S. The monoisotopic (exact) mass is 535 g/mol. The van der Waals surface area contributed by atoms with Gasteiger partial charge in [0.25, 0.3) is 0 Å². The molecular weight excluding hydrogens is 506 g/mol.